The molecule has 0 aromatic carbocycles. The van der Waals surface area contributed by atoms with Crippen LogP contribution in [-0.4, -0.2) is 55.4 Å². The Kier molecular flexibility index (Phi) is 5.60. The maximum Gasteiger partial charge on any atom is 0.127 e. The molecule has 1 fully saturated rings. The third kappa shape index (κ3) is 4.07. The summed E-state index contributed by atoms with van der Waals surface area (Å²) in [5, 5.41) is 0. The van der Waals surface area contributed by atoms with Crippen LogP contribution < -0.4 is 0 Å². The molecule has 0 aromatic rings. The predicted octanol–water partition coefficient (Wildman–Crippen LogP) is 2.02. The number of hydrogen-bond acceptors (Lipinski definition) is 3. The Morgan fingerprint density at radius 3 is 2.59 bits per heavy atom. The Morgan fingerprint density at radius 2 is 2.06 bits per heavy atom. The summed E-state index contributed by atoms with van der Waals surface area (Å²) in [6.07, 6.45) is 4.44. The van der Waals surface area contributed by atoms with Crippen molar-refractivity contribution in [2.75, 3.05) is 33.2 Å². The number of aldehydes is 1. The van der Waals surface area contributed by atoms with Gasteiger partial charge in [-0.2, -0.15) is 0 Å². The Labute approximate surface area is 106 Å². The summed E-state index contributed by atoms with van der Waals surface area (Å²) in [5.41, 5.74) is -0.150. The zero-order chi connectivity index (χ0) is 12.9. The van der Waals surface area contributed by atoms with Gasteiger partial charge in [-0.25, -0.2) is 0 Å². The molecule has 0 aromatic heterocycles. The molecule has 0 radical (unpaired) electrons. The van der Waals surface area contributed by atoms with Gasteiger partial charge in [-0.1, -0.05) is 27.2 Å². The molecule has 100 valence electrons. The van der Waals surface area contributed by atoms with E-state index in [1.54, 1.807) is 0 Å². The van der Waals surface area contributed by atoms with Gasteiger partial charge in [0.05, 0.1) is 0 Å². The van der Waals surface area contributed by atoms with E-state index in [1.807, 2.05) is 0 Å². The Balaban J connectivity index is 2.53. The number of carbonyl (C=O) groups excluding carboxylic acids is 1. The molecule has 0 saturated carbocycles. The van der Waals surface area contributed by atoms with Gasteiger partial charge in [0.25, 0.3) is 0 Å². The first-order valence-electron chi connectivity index (χ1n) is 6.93. The molecule has 0 amide bonds. The molecule has 2 atom stereocenters. The largest absolute Gasteiger partial charge is 0.303 e. The lowest BCUT2D eigenvalue weighted by Crippen LogP contribution is -2.53. The predicted molar refractivity (Wildman–Crippen MR) is 72.2 cm³/mol. The van der Waals surface area contributed by atoms with Gasteiger partial charge in [-0.3, -0.25) is 4.90 Å². The van der Waals surface area contributed by atoms with Crippen LogP contribution in [0.3, 0.4) is 0 Å². The molecule has 2 unspecified atom stereocenters. The lowest BCUT2D eigenvalue weighted by Gasteiger charge is -2.41. The Hall–Kier alpha value is -0.410. The highest BCUT2D eigenvalue weighted by Crippen LogP contribution is 2.23. The number of nitrogens with zero attached hydrogens (tertiary/aromatic N) is 2. The molecule has 3 heteroatoms. The SMILES string of the molecule is CCCC(C)(C=O)CN1CCN(C)C(CC)C1. The molecule has 1 aliphatic heterocycles. The lowest BCUT2D eigenvalue weighted by molar-refractivity contribution is -0.117. The van der Waals surface area contributed by atoms with Gasteiger partial charge in [0, 0.05) is 37.6 Å². The second kappa shape index (κ2) is 6.50. The van der Waals surface area contributed by atoms with E-state index in [0.717, 1.165) is 45.3 Å². The molecule has 0 N–H and O–H groups in total. The molecule has 0 spiro atoms. The second-order valence-corrected chi connectivity index (χ2v) is 5.80. The van der Waals surface area contributed by atoms with Crippen LogP contribution in [0.4, 0.5) is 0 Å². The van der Waals surface area contributed by atoms with Gasteiger partial charge >= 0.3 is 0 Å². The van der Waals surface area contributed by atoms with Crippen molar-refractivity contribution < 1.29 is 4.79 Å². The van der Waals surface area contributed by atoms with Gasteiger partial charge in [0.1, 0.15) is 6.29 Å². The molecular formula is C14H28N2O. The van der Waals surface area contributed by atoms with Crippen molar-refractivity contribution in [2.45, 2.75) is 46.1 Å². The van der Waals surface area contributed by atoms with E-state index in [2.05, 4.69) is 37.6 Å². The fourth-order valence-corrected chi connectivity index (χ4v) is 2.85. The molecule has 3 nitrogen and oxygen atoms in total. The summed E-state index contributed by atoms with van der Waals surface area (Å²) in [6, 6.07) is 0.654. The van der Waals surface area contributed by atoms with E-state index < -0.39 is 0 Å². The summed E-state index contributed by atoms with van der Waals surface area (Å²) in [7, 11) is 2.20. The van der Waals surface area contributed by atoms with Crippen molar-refractivity contribution in [3.63, 3.8) is 0 Å². The molecule has 1 aliphatic rings. The fraction of sp³-hybridized carbons (Fsp3) is 0.929. The number of hydrogen-bond donors (Lipinski definition) is 0. The van der Waals surface area contributed by atoms with Crippen LogP contribution in [0, 0.1) is 5.41 Å². The lowest BCUT2D eigenvalue weighted by atomic mass is 9.86. The molecule has 0 bridgehead atoms. The summed E-state index contributed by atoms with van der Waals surface area (Å²) >= 11 is 0. The quantitative estimate of drug-likeness (QED) is 0.664. The topological polar surface area (TPSA) is 23.6 Å². The zero-order valence-corrected chi connectivity index (χ0v) is 11.9. The van der Waals surface area contributed by atoms with E-state index in [-0.39, 0.29) is 5.41 Å². The minimum absolute atomic E-state index is 0.150. The monoisotopic (exact) mass is 240 g/mol. The number of piperazine rings is 1. The van der Waals surface area contributed by atoms with Crippen molar-refractivity contribution in [3.8, 4) is 0 Å². The minimum atomic E-state index is -0.150. The van der Waals surface area contributed by atoms with Gasteiger partial charge < -0.3 is 9.69 Å². The highest BCUT2D eigenvalue weighted by Gasteiger charge is 2.30. The minimum Gasteiger partial charge on any atom is -0.303 e. The molecule has 17 heavy (non-hydrogen) atoms. The van der Waals surface area contributed by atoms with Crippen LogP contribution in [0.1, 0.15) is 40.0 Å². The van der Waals surface area contributed by atoms with Crippen LogP contribution in [0.5, 0.6) is 0 Å². The first-order valence-corrected chi connectivity index (χ1v) is 6.93. The summed E-state index contributed by atoms with van der Waals surface area (Å²) in [4.78, 5) is 16.2. The molecular weight excluding hydrogens is 212 g/mol. The van der Waals surface area contributed by atoms with Crippen LogP contribution >= 0.6 is 0 Å². The van der Waals surface area contributed by atoms with Crippen LogP contribution in [0.15, 0.2) is 0 Å². The normalized spacial score (nSPS) is 26.7. The standard InChI is InChI=1S/C14H28N2O/c1-5-7-14(3,12-17)11-16-9-8-15(4)13(6-2)10-16/h12-13H,5-11H2,1-4H3. The first kappa shape index (κ1) is 14.7. The average molecular weight is 240 g/mol. The number of rotatable bonds is 6. The van der Waals surface area contributed by atoms with E-state index in [1.165, 1.54) is 6.42 Å². The second-order valence-electron chi connectivity index (χ2n) is 5.80. The summed E-state index contributed by atoms with van der Waals surface area (Å²) in [6.45, 7) is 10.8. The van der Waals surface area contributed by atoms with E-state index in [4.69, 9.17) is 0 Å². The third-order valence-electron chi connectivity index (χ3n) is 4.02. The van der Waals surface area contributed by atoms with Crippen molar-refractivity contribution in [3.05, 3.63) is 0 Å². The fourth-order valence-electron chi connectivity index (χ4n) is 2.85. The molecule has 0 aliphatic carbocycles. The average Bonchev–Trinajstić information content (AvgIpc) is 2.32. The van der Waals surface area contributed by atoms with Gasteiger partial charge in [0.2, 0.25) is 0 Å². The van der Waals surface area contributed by atoms with Crippen molar-refractivity contribution in [1.82, 2.24) is 9.80 Å². The van der Waals surface area contributed by atoms with Crippen LogP contribution in [-0.2, 0) is 4.79 Å². The van der Waals surface area contributed by atoms with Crippen LogP contribution in [0.25, 0.3) is 0 Å². The molecule has 1 rings (SSSR count). The first-order chi connectivity index (χ1) is 8.04. The van der Waals surface area contributed by atoms with Crippen molar-refractivity contribution in [1.29, 1.82) is 0 Å². The summed E-state index contributed by atoms with van der Waals surface area (Å²) in [5.74, 6) is 0. The maximum atomic E-state index is 11.3. The van der Waals surface area contributed by atoms with Gasteiger partial charge in [-0.15, -0.1) is 0 Å². The van der Waals surface area contributed by atoms with Gasteiger partial charge in [-0.05, 0) is 19.9 Å². The Morgan fingerprint density at radius 1 is 1.35 bits per heavy atom. The molecule has 1 heterocycles. The van der Waals surface area contributed by atoms with Crippen molar-refractivity contribution in [2.24, 2.45) is 5.41 Å². The van der Waals surface area contributed by atoms with Crippen molar-refractivity contribution >= 4 is 6.29 Å². The highest BCUT2D eigenvalue weighted by atomic mass is 16.1. The summed E-state index contributed by atoms with van der Waals surface area (Å²) < 4.78 is 0. The zero-order valence-electron chi connectivity index (χ0n) is 11.9. The number of carbonyl (C=O) groups is 1. The van der Waals surface area contributed by atoms with E-state index in [0.29, 0.717) is 6.04 Å². The van der Waals surface area contributed by atoms with Gasteiger partial charge in [0.15, 0.2) is 0 Å². The smallest absolute Gasteiger partial charge is 0.127 e. The highest BCUT2D eigenvalue weighted by molar-refractivity contribution is 5.59. The van der Waals surface area contributed by atoms with E-state index in [9.17, 15) is 4.79 Å². The van der Waals surface area contributed by atoms with E-state index >= 15 is 0 Å². The number of likely N-dealkylation sites (N-methyl/N-ethyl adjacent to an activating group) is 1. The Bertz CT molecular complexity index is 244. The maximum absolute atomic E-state index is 11.3. The third-order valence-corrected chi connectivity index (χ3v) is 4.02. The van der Waals surface area contributed by atoms with Crippen LogP contribution in [0.2, 0.25) is 0 Å². The molecule has 1 saturated heterocycles.